The number of aryl methyl sites for hydroxylation is 1. The van der Waals surface area contributed by atoms with Crippen molar-refractivity contribution in [3.8, 4) is 5.75 Å². The van der Waals surface area contributed by atoms with Gasteiger partial charge in [-0.2, -0.15) is 0 Å². The van der Waals surface area contributed by atoms with Crippen molar-refractivity contribution < 1.29 is 14.3 Å². The fourth-order valence-electron chi connectivity index (χ4n) is 2.03. The zero-order chi connectivity index (χ0) is 14.2. The summed E-state index contributed by atoms with van der Waals surface area (Å²) in [6.45, 7) is 5.33. The average molecular weight is 278 g/mol. The number of carbonyl (C=O) groups excluding carboxylic acids is 1. The summed E-state index contributed by atoms with van der Waals surface area (Å²) < 4.78 is 11.1. The molecule has 0 aromatic heterocycles. The van der Waals surface area contributed by atoms with E-state index in [1.54, 1.807) is 0 Å². The highest BCUT2D eigenvalue weighted by Gasteiger charge is 2.14. The molecule has 5 heteroatoms. The zero-order valence-corrected chi connectivity index (χ0v) is 11.9. The predicted octanol–water partition coefficient (Wildman–Crippen LogP) is 0.869. The molecule has 0 aliphatic carbocycles. The first-order valence-corrected chi connectivity index (χ1v) is 7.02. The first-order chi connectivity index (χ1) is 9.74. The second-order valence-electron chi connectivity index (χ2n) is 4.92. The normalized spacial score (nSPS) is 18.6. The van der Waals surface area contributed by atoms with E-state index in [4.69, 9.17) is 9.47 Å². The van der Waals surface area contributed by atoms with E-state index < -0.39 is 0 Å². The molecule has 1 fully saturated rings. The Bertz CT molecular complexity index is 431. The van der Waals surface area contributed by atoms with Crippen LogP contribution >= 0.6 is 0 Å². The molecule has 1 aromatic rings. The molecule has 1 saturated heterocycles. The standard InChI is InChI=1S/C15H22N2O3/c1-12-3-2-4-13(9-12)19-7-5-15(18)17-11-14-10-16-6-8-20-14/h2-4,9,14,16H,5-8,10-11H2,1H3,(H,17,18). The van der Waals surface area contributed by atoms with Gasteiger partial charge >= 0.3 is 0 Å². The van der Waals surface area contributed by atoms with Crippen LogP contribution in [0.1, 0.15) is 12.0 Å². The van der Waals surface area contributed by atoms with Crippen molar-refractivity contribution in [3.05, 3.63) is 29.8 Å². The Morgan fingerprint density at radius 3 is 3.20 bits per heavy atom. The molecular weight excluding hydrogens is 256 g/mol. The summed E-state index contributed by atoms with van der Waals surface area (Å²) in [4.78, 5) is 11.7. The van der Waals surface area contributed by atoms with Gasteiger partial charge in [-0.1, -0.05) is 12.1 Å². The number of ether oxygens (including phenoxy) is 2. The summed E-state index contributed by atoms with van der Waals surface area (Å²) in [7, 11) is 0. The van der Waals surface area contributed by atoms with E-state index in [1.807, 2.05) is 31.2 Å². The molecule has 0 saturated carbocycles. The van der Waals surface area contributed by atoms with Gasteiger partial charge in [0.15, 0.2) is 0 Å². The van der Waals surface area contributed by atoms with Gasteiger partial charge in [0.2, 0.25) is 5.91 Å². The first kappa shape index (κ1) is 14.8. The van der Waals surface area contributed by atoms with Crippen LogP contribution in [-0.2, 0) is 9.53 Å². The summed E-state index contributed by atoms with van der Waals surface area (Å²) >= 11 is 0. The minimum atomic E-state index is -0.00757. The molecule has 1 unspecified atom stereocenters. The van der Waals surface area contributed by atoms with Crippen molar-refractivity contribution in [2.24, 2.45) is 0 Å². The van der Waals surface area contributed by atoms with E-state index in [1.165, 1.54) is 0 Å². The van der Waals surface area contributed by atoms with Crippen molar-refractivity contribution in [2.75, 3.05) is 32.8 Å². The summed E-state index contributed by atoms with van der Waals surface area (Å²) in [5.41, 5.74) is 1.15. The molecular formula is C15H22N2O3. The highest BCUT2D eigenvalue weighted by Crippen LogP contribution is 2.12. The monoisotopic (exact) mass is 278 g/mol. The number of rotatable bonds is 6. The molecule has 1 atom stereocenters. The third-order valence-corrected chi connectivity index (χ3v) is 3.12. The lowest BCUT2D eigenvalue weighted by Gasteiger charge is -2.23. The van der Waals surface area contributed by atoms with E-state index in [9.17, 15) is 4.79 Å². The summed E-state index contributed by atoms with van der Waals surface area (Å²) in [5, 5.41) is 6.09. The Balaban J connectivity index is 1.60. The van der Waals surface area contributed by atoms with Crippen molar-refractivity contribution >= 4 is 5.91 Å². The molecule has 110 valence electrons. The number of hydrogen-bond acceptors (Lipinski definition) is 4. The van der Waals surface area contributed by atoms with Crippen molar-refractivity contribution in [1.82, 2.24) is 10.6 Å². The fraction of sp³-hybridized carbons (Fsp3) is 0.533. The third-order valence-electron chi connectivity index (χ3n) is 3.12. The highest BCUT2D eigenvalue weighted by molar-refractivity contribution is 5.76. The second kappa shape index (κ2) is 7.87. The quantitative estimate of drug-likeness (QED) is 0.810. The van der Waals surface area contributed by atoms with Gasteiger partial charge in [0.05, 0.1) is 25.7 Å². The van der Waals surface area contributed by atoms with Crippen LogP contribution in [0.3, 0.4) is 0 Å². The zero-order valence-electron chi connectivity index (χ0n) is 11.9. The van der Waals surface area contributed by atoms with Crippen LogP contribution in [0.5, 0.6) is 5.75 Å². The maximum Gasteiger partial charge on any atom is 0.223 e. The molecule has 1 aliphatic rings. The van der Waals surface area contributed by atoms with Gasteiger partial charge in [-0.05, 0) is 24.6 Å². The molecule has 0 radical (unpaired) electrons. The lowest BCUT2D eigenvalue weighted by Crippen LogP contribution is -2.45. The number of benzene rings is 1. The Morgan fingerprint density at radius 1 is 1.55 bits per heavy atom. The van der Waals surface area contributed by atoms with E-state index in [-0.39, 0.29) is 12.0 Å². The number of morpholine rings is 1. The highest BCUT2D eigenvalue weighted by atomic mass is 16.5. The smallest absolute Gasteiger partial charge is 0.223 e. The molecule has 2 N–H and O–H groups in total. The van der Waals surface area contributed by atoms with Gasteiger partial charge in [0.25, 0.3) is 0 Å². The van der Waals surface area contributed by atoms with Crippen LogP contribution in [0.25, 0.3) is 0 Å². The van der Waals surface area contributed by atoms with Crippen LogP contribution < -0.4 is 15.4 Å². The SMILES string of the molecule is Cc1cccc(OCCC(=O)NCC2CNCCO2)c1. The van der Waals surface area contributed by atoms with Gasteiger partial charge in [0.1, 0.15) is 5.75 Å². The average Bonchev–Trinajstić information content (AvgIpc) is 2.46. The maximum absolute atomic E-state index is 11.7. The molecule has 0 bridgehead atoms. The van der Waals surface area contributed by atoms with E-state index >= 15 is 0 Å². The molecule has 20 heavy (non-hydrogen) atoms. The third kappa shape index (κ3) is 5.19. The van der Waals surface area contributed by atoms with Crippen LogP contribution in [0.2, 0.25) is 0 Å². The number of nitrogens with one attached hydrogen (secondary N) is 2. The number of hydrogen-bond donors (Lipinski definition) is 2. The van der Waals surface area contributed by atoms with E-state index in [0.29, 0.717) is 26.2 Å². The van der Waals surface area contributed by atoms with E-state index in [2.05, 4.69) is 10.6 Å². The van der Waals surface area contributed by atoms with Gasteiger partial charge in [-0.3, -0.25) is 4.79 Å². The lowest BCUT2D eigenvalue weighted by atomic mass is 10.2. The van der Waals surface area contributed by atoms with Crippen LogP contribution in [0.15, 0.2) is 24.3 Å². The topological polar surface area (TPSA) is 59.6 Å². The number of carbonyl (C=O) groups is 1. The van der Waals surface area contributed by atoms with Gasteiger partial charge < -0.3 is 20.1 Å². The van der Waals surface area contributed by atoms with Gasteiger partial charge in [0, 0.05) is 19.6 Å². The summed E-state index contributed by atoms with van der Waals surface area (Å²) in [5.74, 6) is 0.796. The molecule has 2 rings (SSSR count). The largest absolute Gasteiger partial charge is 0.493 e. The molecule has 1 aromatic carbocycles. The lowest BCUT2D eigenvalue weighted by molar-refractivity contribution is -0.122. The summed E-state index contributed by atoms with van der Waals surface area (Å²) in [6.07, 6.45) is 0.430. The Labute approximate surface area is 119 Å². The first-order valence-electron chi connectivity index (χ1n) is 7.02. The summed E-state index contributed by atoms with van der Waals surface area (Å²) in [6, 6.07) is 7.81. The minimum absolute atomic E-state index is 0.00757. The van der Waals surface area contributed by atoms with Crippen molar-refractivity contribution in [1.29, 1.82) is 0 Å². The molecule has 5 nitrogen and oxygen atoms in total. The number of amides is 1. The van der Waals surface area contributed by atoms with Gasteiger partial charge in [-0.15, -0.1) is 0 Å². The van der Waals surface area contributed by atoms with Crippen LogP contribution in [-0.4, -0.2) is 44.9 Å². The molecule has 1 amide bonds. The maximum atomic E-state index is 11.7. The minimum Gasteiger partial charge on any atom is -0.493 e. The Hall–Kier alpha value is -1.59. The van der Waals surface area contributed by atoms with E-state index in [0.717, 1.165) is 24.4 Å². The van der Waals surface area contributed by atoms with Crippen LogP contribution in [0.4, 0.5) is 0 Å². The fourth-order valence-corrected chi connectivity index (χ4v) is 2.03. The molecule has 1 heterocycles. The Morgan fingerprint density at radius 2 is 2.45 bits per heavy atom. The molecule has 1 aliphatic heterocycles. The predicted molar refractivity (Wildman–Crippen MR) is 76.9 cm³/mol. The van der Waals surface area contributed by atoms with Crippen LogP contribution in [0, 0.1) is 6.92 Å². The second-order valence-corrected chi connectivity index (χ2v) is 4.92. The van der Waals surface area contributed by atoms with Crippen molar-refractivity contribution in [2.45, 2.75) is 19.4 Å². The Kier molecular flexibility index (Phi) is 5.83. The van der Waals surface area contributed by atoms with Gasteiger partial charge in [-0.25, -0.2) is 0 Å². The molecule has 0 spiro atoms. The van der Waals surface area contributed by atoms with Crippen molar-refractivity contribution in [3.63, 3.8) is 0 Å².